The van der Waals surface area contributed by atoms with Gasteiger partial charge in [0.05, 0.1) is 11.4 Å². The molecule has 0 saturated heterocycles. The number of aryl methyl sites for hydroxylation is 2. The van der Waals surface area contributed by atoms with Gasteiger partial charge in [-0.1, -0.05) is 182 Å². The number of hydrogen-bond acceptors (Lipinski definition) is 4. The topological polar surface area (TPSA) is 6.48 Å². The van der Waals surface area contributed by atoms with Gasteiger partial charge in [-0.15, -0.1) is 22.7 Å². The van der Waals surface area contributed by atoms with Gasteiger partial charge < -0.3 is 9.80 Å². The Morgan fingerprint density at radius 3 is 1.00 bits per heavy atom. The molecule has 0 amide bonds. The zero-order valence-corrected chi connectivity index (χ0v) is 44.9. The van der Waals surface area contributed by atoms with Crippen LogP contribution < -0.4 is 9.80 Å². The maximum absolute atomic E-state index is 2.42. The third-order valence-corrected chi connectivity index (χ3v) is 17.7. The first kappa shape index (κ1) is 47.2. The molecule has 0 bridgehead atoms. The summed E-state index contributed by atoms with van der Waals surface area (Å²) in [6, 6.07) is 102. The number of fused-ring (bicyclic) bond motifs is 6. The van der Waals surface area contributed by atoms with Crippen molar-refractivity contribution in [2.45, 2.75) is 13.8 Å². The van der Waals surface area contributed by atoms with Crippen molar-refractivity contribution in [3.8, 4) is 55.6 Å². The Balaban J connectivity index is 0.832. The van der Waals surface area contributed by atoms with Gasteiger partial charge in [-0.2, -0.15) is 0 Å². The number of para-hydroxylation sites is 2. The third kappa shape index (κ3) is 8.62. The van der Waals surface area contributed by atoms with Crippen LogP contribution in [0, 0.1) is 13.8 Å². The van der Waals surface area contributed by atoms with Crippen LogP contribution in [0.4, 0.5) is 34.1 Å². The van der Waals surface area contributed by atoms with E-state index in [2.05, 4.69) is 303 Å². The molecule has 0 atom stereocenters. The quantitative estimate of drug-likeness (QED) is 0.127. The fraction of sp³-hybridized carbons (Fsp3) is 0.0270. The molecule has 14 rings (SSSR count). The summed E-state index contributed by atoms with van der Waals surface area (Å²) in [5, 5.41) is 5.25. The van der Waals surface area contributed by atoms with E-state index in [0.29, 0.717) is 0 Å². The zero-order chi connectivity index (χ0) is 52.1. The molecule has 0 saturated carbocycles. The highest BCUT2D eigenvalue weighted by Gasteiger charge is 2.22. The normalized spacial score (nSPS) is 11.5. The van der Waals surface area contributed by atoms with Crippen LogP contribution in [0.5, 0.6) is 0 Å². The first-order valence-corrected chi connectivity index (χ1v) is 28.3. The second-order valence-electron chi connectivity index (χ2n) is 20.1. The van der Waals surface area contributed by atoms with Crippen LogP contribution in [-0.4, -0.2) is 0 Å². The van der Waals surface area contributed by atoms with Gasteiger partial charge in [-0.05, 0) is 167 Å². The van der Waals surface area contributed by atoms with E-state index in [1.807, 2.05) is 22.7 Å². The molecule has 2 heterocycles. The summed E-state index contributed by atoms with van der Waals surface area (Å²) in [7, 11) is 0. The summed E-state index contributed by atoms with van der Waals surface area (Å²) < 4.78 is 5.28. The fourth-order valence-corrected chi connectivity index (χ4v) is 13.7. The van der Waals surface area contributed by atoms with E-state index >= 15 is 0 Å². The predicted octanol–water partition coefficient (Wildman–Crippen LogP) is 22.3. The minimum atomic E-state index is 1.10. The zero-order valence-electron chi connectivity index (χ0n) is 43.3. The van der Waals surface area contributed by atoms with E-state index in [0.717, 1.165) is 34.1 Å². The SMILES string of the molecule is Cc1cc(N(c2ccc(-c3ccc4sc5ccccc5c4c3)cc2)c2ccccc2-c2ccccc2)ccc1-c1ccc(N(c2ccc(-c3ccc4sc5ccccc5c4c3)cc2)c2ccccc2-c2ccccc2)cc1C. The number of nitrogens with zero attached hydrogens (tertiary/aromatic N) is 2. The first-order chi connectivity index (χ1) is 38.5. The van der Waals surface area contributed by atoms with E-state index in [1.165, 1.54) is 107 Å². The van der Waals surface area contributed by atoms with Gasteiger partial charge in [0.2, 0.25) is 0 Å². The fourth-order valence-electron chi connectivity index (χ4n) is 11.5. The Bertz CT molecular complexity index is 4220. The highest BCUT2D eigenvalue weighted by atomic mass is 32.1. The van der Waals surface area contributed by atoms with E-state index in [1.54, 1.807) is 0 Å². The second-order valence-corrected chi connectivity index (χ2v) is 22.3. The Hall–Kier alpha value is -9.32. The molecule has 0 fully saturated rings. The molecule has 0 spiro atoms. The molecule has 0 N–H and O–H groups in total. The van der Waals surface area contributed by atoms with Crippen molar-refractivity contribution in [3.63, 3.8) is 0 Å². The number of anilines is 6. The smallest absolute Gasteiger partial charge is 0.0540 e. The van der Waals surface area contributed by atoms with Gasteiger partial charge in [0.1, 0.15) is 0 Å². The summed E-state index contributed by atoms with van der Waals surface area (Å²) in [4.78, 5) is 4.84. The molecule has 12 aromatic carbocycles. The van der Waals surface area contributed by atoms with Gasteiger partial charge in [0, 0.05) is 74.2 Å². The Labute approximate surface area is 463 Å². The van der Waals surface area contributed by atoms with E-state index in [-0.39, 0.29) is 0 Å². The van der Waals surface area contributed by atoms with Gasteiger partial charge >= 0.3 is 0 Å². The number of rotatable bonds is 11. The summed E-state index contributed by atoms with van der Waals surface area (Å²) in [5.74, 6) is 0. The number of thiophene rings is 2. The van der Waals surface area contributed by atoms with Crippen molar-refractivity contribution in [1.82, 2.24) is 0 Å². The second kappa shape index (κ2) is 20.0. The molecule has 2 aromatic heterocycles. The molecule has 2 nitrogen and oxygen atoms in total. The maximum Gasteiger partial charge on any atom is 0.0540 e. The van der Waals surface area contributed by atoms with Crippen LogP contribution in [0.15, 0.2) is 279 Å². The van der Waals surface area contributed by atoms with Crippen LogP contribution in [0.3, 0.4) is 0 Å². The van der Waals surface area contributed by atoms with Gasteiger partial charge in [-0.25, -0.2) is 0 Å². The summed E-state index contributed by atoms with van der Waals surface area (Å²) >= 11 is 3.72. The minimum absolute atomic E-state index is 1.10. The summed E-state index contributed by atoms with van der Waals surface area (Å²) in [5.41, 5.74) is 21.0. The Kier molecular flexibility index (Phi) is 12.1. The minimum Gasteiger partial charge on any atom is -0.310 e. The largest absolute Gasteiger partial charge is 0.310 e. The molecular weight excluding hydrogens is 981 g/mol. The Morgan fingerprint density at radius 2 is 0.577 bits per heavy atom. The highest BCUT2D eigenvalue weighted by molar-refractivity contribution is 7.26. The standard InChI is InChI=1S/C74H52N2S2/c1-49-45-59(75(69-25-13-9-21-63(69)53-17-5-3-6-18-53)57-35-29-51(30-36-57)55-33-43-73-67(47-55)65-23-11-15-27-71(65)77-73)39-41-61(49)62-42-40-60(46-50(62)2)76(70-26-14-10-22-64(70)54-19-7-4-8-20-54)58-37-31-52(32-38-58)56-34-44-74-68(48-56)66-24-12-16-28-72(66)78-74/h3-48H,1-2H3. The van der Waals surface area contributed by atoms with E-state index < -0.39 is 0 Å². The van der Waals surface area contributed by atoms with Gasteiger partial charge in [0.15, 0.2) is 0 Å². The maximum atomic E-state index is 2.42. The number of benzene rings is 12. The molecule has 14 aromatic rings. The summed E-state index contributed by atoms with van der Waals surface area (Å²) in [6.07, 6.45) is 0. The average Bonchev–Trinajstić information content (AvgIpc) is 4.19. The molecular formula is C74H52N2S2. The molecule has 0 aliphatic heterocycles. The summed E-state index contributed by atoms with van der Waals surface area (Å²) in [6.45, 7) is 4.51. The monoisotopic (exact) mass is 1030 g/mol. The lowest BCUT2D eigenvalue weighted by atomic mass is 9.94. The van der Waals surface area contributed by atoms with Crippen LogP contribution >= 0.6 is 22.7 Å². The van der Waals surface area contributed by atoms with Gasteiger partial charge in [0.25, 0.3) is 0 Å². The van der Waals surface area contributed by atoms with Crippen molar-refractivity contribution in [3.05, 3.63) is 290 Å². The molecule has 78 heavy (non-hydrogen) atoms. The van der Waals surface area contributed by atoms with E-state index in [4.69, 9.17) is 0 Å². The van der Waals surface area contributed by atoms with Crippen molar-refractivity contribution in [2.24, 2.45) is 0 Å². The van der Waals surface area contributed by atoms with Crippen LogP contribution in [0.25, 0.3) is 96.0 Å². The molecule has 4 heteroatoms. The lowest BCUT2D eigenvalue weighted by Gasteiger charge is -2.29. The predicted molar refractivity (Wildman–Crippen MR) is 338 cm³/mol. The lowest BCUT2D eigenvalue weighted by Crippen LogP contribution is -2.12. The first-order valence-electron chi connectivity index (χ1n) is 26.6. The number of hydrogen-bond donors (Lipinski definition) is 0. The molecule has 0 unspecified atom stereocenters. The Morgan fingerprint density at radius 1 is 0.231 bits per heavy atom. The van der Waals surface area contributed by atoms with Crippen molar-refractivity contribution < 1.29 is 0 Å². The average molecular weight is 1030 g/mol. The van der Waals surface area contributed by atoms with Crippen molar-refractivity contribution >= 4 is 97.1 Å². The van der Waals surface area contributed by atoms with Gasteiger partial charge in [-0.3, -0.25) is 0 Å². The van der Waals surface area contributed by atoms with Crippen LogP contribution in [0.2, 0.25) is 0 Å². The molecule has 370 valence electrons. The van der Waals surface area contributed by atoms with Crippen LogP contribution in [-0.2, 0) is 0 Å². The molecule has 0 aliphatic rings. The van der Waals surface area contributed by atoms with Crippen molar-refractivity contribution in [2.75, 3.05) is 9.80 Å². The highest BCUT2D eigenvalue weighted by Crippen LogP contribution is 2.46. The lowest BCUT2D eigenvalue weighted by molar-refractivity contribution is 1.26. The van der Waals surface area contributed by atoms with Crippen LogP contribution in [0.1, 0.15) is 11.1 Å². The third-order valence-electron chi connectivity index (χ3n) is 15.4. The van der Waals surface area contributed by atoms with Crippen molar-refractivity contribution in [1.29, 1.82) is 0 Å². The van der Waals surface area contributed by atoms with E-state index in [9.17, 15) is 0 Å². The molecule has 0 aliphatic carbocycles. The molecule has 0 radical (unpaired) electrons.